The van der Waals surface area contributed by atoms with Gasteiger partial charge in [0.2, 0.25) is 0 Å². The average molecular weight is 290 g/mol. The van der Waals surface area contributed by atoms with Gasteiger partial charge >= 0.3 is 0 Å². The largest absolute Gasteiger partial charge is 0.355 e. The number of aromatic nitrogens is 2. The van der Waals surface area contributed by atoms with E-state index in [4.69, 9.17) is 4.98 Å². The molecule has 1 aromatic rings. The highest BCUT2D eigenvalue weighted by Gasteiger charge is 2.29. The van der Waals surface area contributed by atoms with E-state index >= 15 is 0 Å². The third kappa shape index (κ3) is 4.67. The van der Waals surface area contributed by atoms with Crippen LogP contribution in [-0.2, 0) is 6.54 Å². The van der Waals surface area contributed by atoms with Gasteiger partial charge in [0.1, 0.15) is 5.82 Å². The number of anilines is 1. The van der Waals surface area contributed by atoms with Crippen LogP contribution < -0.4 is 10.2 Å². The molecule has 0 spiro atoms. The van der Waals surface area contributed by atoms with E-state index in [2.05, 4.69) is 49.8 Å². The molecule has 1 N–H and O–H groups in total. The van der Waals surface area contributed by atoms with Crippen LogP contribution in [0, 0.1) is 11.3 Å². The molecule has 4 heteroatoms. The Morgan fingerprint density at radius 1 is 1.24 bits per heavy atom. The fraction of sp³-hybridized carbons (Fsp3) is 0.765. The van der Waals surface area contributed by atoms with Gasteiger partial charge in [-0.2, -0.15) is 0 Å². The van der Waals surface area contributed by atoms with Gasteiger partial charge < -0.3 is 10.2 Å². The number of rotatable bonds is 4. The second-order valence-electron chi connectivity index (χ2n) is 7.53. The van der Waals surface area contributed by atoms with Crippen molar-refractivity contribution in [2.75, 3.05) is 18.0 Å². The van der Waals surface area contributed by atoms with Gasteiger partial charge in [-0.05, 0) is 24.2 Å². The van der Waals surface area contributed by atoms with Crippen LogP contribution in [0.25, 0.3) is 0 Å². The van der Waals surface area contributed by atoms with E-state index in [1.54, 1.807) is 0 Å². The quantitative estimate of drug-likeness (QED) is 0.924. The SMILES string of the molecule is CC(C)NCc1cncc(N2CCC(C(C)(C)C)CC2)n1. The van der Waals surface area contributed by atoms with Gasteiger partial charge in [0, 0.05) is 31.9 Å². The summed E-state index contributed by atoms with van der Waals surface area (Å²) in [6.07, 6.45) is 6.26. The first kappa shape index (κ1) is 16.2. The van der Waals surface area contributed by atoms with Gasteiger partial charge in [0.25, 0.3) is 0 Å². The topological polar surface area (TPSA) is 41.1 Å². The third-order valence-corrected chi connectivity index (χ3v) is 4.41. The molecule has 0 unspecified atom stereocenters. The van der Waals surface area contributed by atoms with E-state index in [0.29, 0.717) is 11.5 Å². The fourth-order valence-electron chi connectivity index (χ4n) is 2.92. The zero-order valence-electron chi connectivity index (χ0n) is 14.2. The van der Waals surface area contributed by atoms with Gasteiger partial charge in [-0.3, -0.25) is 4.98 Å². The van der Waals surface area contributed by atoms with Gasteiger partial charge in [0.15, 0.2) is 0 Å². The molecule has 2 heterocycles. The Balaban J connectivity index is 1.95. The molecule has 0 amide bonds. The summed E-state index contributed by atoms with van der Waals surface area (Å²) in [4.78, 5) is 11.5. The maximum atomic E-state index is 4.76. The number of piperidine rings is 1. The Bertz CT molecular complexity index is 442. The summed E-state index contributed by atoms with van der Waals surface area (Å²) >= 11 is 0. The highest BCUT2D eigenvalue weighted by molar-refractivity contribution is 5.36. The molecule has 118 valence electrons. The summed E-state index contributed by atoms with van der Waals surface area (Å²) in [5, 5.41) is 3.40. The number of hydrogen-bond donors (Lipinski definition) is 1. The first-order chi connectivity index (χ1) is 9.86. The third-order valence-electron chi connectivity index (χ3n) is 4.41. The number of nitrogens with one attached hydrogen (secondary N) is 1. The van der Waals surface area contributed by atoms with E-state index < -0.39 is 0 Å². The molecule has 1 aliphatic rings. The molecule has 0 radical (unpaired) electrons. The predicted octanol–water partition coefficient (Wildman–Crippen LogP) is 3.24. The van der Waals surface area contributed by atoms with Crippen molar-refractivity contribution in [1.29, 1.82) is 0 Å². The molecular formula is C17H30N4. The molecule has 1 aromatic heterocycles. The van der Waals surface area contributed by atoms with Gasteiger partial charge in [0.05, 0.1) is 11.9 Å². The number of nitrogens with zero attached hydrogens (tertiary/aromatic N) is 3. The van der Waals surface area contributed by atoms with Crippen LogP contribution in [-0.4, -0.2) is 29.1 Å². The molecule has 0 aliphatic carbocycles. The maximum Gasteiger partial charge on any atom is 0.147 e. The first-order valence-corrected chi connectivity index (χ1v) is 8.15. The van der Waals surface area contributed by atoms with E-state index in [1.807, 2.05) is 12.4 Å². The van der Waals surface area contributed by atoms with Crippen LogP contribution in [0.15, 0.2) is 12.4 Å². The lowest BCUT2D eigenvalue weighted by Gasteiger charge is -2.39. The smallest absolute Gasteiger partial charge is 0.147 e. The normalized spacial score (nSPS) is 17.5. The lowest BCUT2D eigenvalue weighted by Crippen LogP contribution is -2.38. The van der Waals surface area contributed by atoms with Crippen LogP contribution in [0.2, 0.25) is 0 Å². The minimum atomic E-state index is 0.417. The van der Waals surface area contributed by atoms with E-state index in [1.165, 1.54) is 12.8 Å². The van der Waals surface area contributed by atoms with Gasteiger partial charge in [-0.15, -0.1) is 0 Å². The van der Waals surface area contributed by atoms with Gasteiger partial charge in [-0.25, -0.2) is 4.98 Å². The highest BCUT2D eigenvalue weighted by atomic mass is 15.2. The number of hydrogen-bond acceptors (Lipinski definition) is 4. The second-order valence-corrected chi connectivity index (χ2v) is 7.53. The summed E-state index contributed by atoms with van der Waals surface area (Å²) < 4.78 is 0. The Hall–Kier alpha value is -1.16. The average Bonchev–Trinajstić information content (AvgIpc) is 2.45. The van der Waals surface area contributed by atoms with E-state index in [-0.39, 0.29) is 0 Å². The van der Waals surface area contributed by atoms with Crippen molar-refractivity contribution in [3.63, 3.8) is 0 Å². The lowest BCUT2D eigenvalue weighted by atomic mass is 9.75. The van der Waals surface area contributed by atoms with Crippen molar-refractivity contribution >= 4 is 5.82 Å². The molecule has 0 bridgehead atoms. The van der Waals surface area contributed by atoms with Crippen molar-refractivity contribution < 1.29 is 0 Å². The monoisotopic (exact) mass is 290 g/mol. The molecule has 0 aromatic carbocycles. The summed E-state index contributed by atoms with van der Waals surface area (Å²) in [6, 6.07) is 0.470. The molecule has 1 aliphatic heterocycles. The first-order valence-electron chi connectivity index (χ1n) is 8.15. The van der Waals surface area contributed by atoms with Crippen molar-refractivity contribution in [1.82, 2.24) is 15.3 Å². The molecule has 21 heavy (non-hydrogen) atoms. The van der Waals surface area contributed by atoms with Gasteiger partial charge in [-0.1, -0.05) is 34.6 Å². The lowest BCUT2D eigenvalue weighted by molar-refractivity contribution is 0.198. The zero-order chi connectivity index (χ0) is 15.5. The van der Waals surface area contributed by atoms with Crippen molar-refractivity contribution in [2.45, 2.75) is 60.0 Å². The summed E-state index contributed by atoms with van der Waals surface area (Å²) in [5.74, 6) is 1.85. The summed E-state index contributed by atoms with van der Waals surface area (Å²) in [5.41, 5.74) is 1.44. The Kier molecular flexibility index (Phi) is 5.20. The Labute approximate surface area is 129 Å². The molecule has 2 rings (SSSR count). The minimum absolute atomic E-state index is 0.417. The molecule has 4 nitrogen and oxygen atoms in total. The Morgan fingerprint density at radius 2 is 1.90 bits per heavy atom. The minimum Gasteiger partial charge on any atom is -0.355 e. The van der Waals surface area contributed by atoms with E-state index in [0.717, 1.165) is 37.1 Å². The molecule has 0 atom stereocenters. The fourth-order valence-corrected chi connectivity index (χ4v) is 2.92. The Morgan fingerprint density at radius 3 is 2.48 bits per heavy atom. The molecule has 1 saturated heterocycles. The van der Waals surface area contributed by atoms with Crippen LogP contribution >= 0.6 is 0 Å². The molecule has 0 saturated carbocycles. The zero-order valence-corrected chi connectivity index (χ0v) is 14.2. The van der Waals surface area contributed by atoms with Crippen LogP contribution in [0.4, 0.5) is 5.82 Å². The van der Waals surface area contributed by atoms with Crippen LogP contribution in [0.1, 0.15) is 53.2 Å². The standard InChI is InChI=1S/C17H30N4/c1-13(2)19-11-15-10-18-12-16(20-15)21-8-6-14(7-9-21)17(3,4)5/h10,12-14,19H,6-9,11H2,1-5H3. The van der Waals surface area contributed by atoms with Crippen molar-refractivity contribution in [2.24, 2.45) is 11.3 Å². The van der Waals surface area contributed by atoms with E-state index in [9.17, 15) is 0 Å². The predicted molar refractivity (Wildman–Crippen MR) is 88.4 cm³/mol. The molecular weight excluding hydrogens is 260 g/mol. The second kappa shape index (κ2) is 6.73. The highest BCUT2D eigenvalue weighted by Crippen LogP contribution is 2.35. The molecule has 1 fully saturated rings. The van der Waals surface area contributed by atoms with Crippen molar-refractivity contribution in [3.05, 3.63) is 18.1 Å². The van der Waals surface area contributed by atoms with Crippen LogP contribution in [0.3, 0.4) is 0 Å². The summed E-state index contributed by atoms with van der Waals surface area (Å²) in [6.45, 7) is 14.3. The van der Waals surface area contributed by atoms with Crippen LogP contribution in [0.5, 0.6) is 0 Å². The van der Waals surface area contributed by atoms with Crippen molar-refractivity contribution in [3.8, 4) is 0 Å². The summed E-state index contributed by atoms with van der Waals surface area (Å²) in [7, 11) is 0. The maximum absolute atomic E-state index is 4.76.